The maximum Gasteiger partial charge on any atom is 0.258 e. The Balaban J connectivity index is 1.42. The number of benzene rings is 2. The molecule has 10 heteroatoms. The molecule has 0 spiro atoms. The summed E-state index contributed by atoms with van der Waals surface area (Å²) in [5.41, 5.74) is 2.32. The minimum Gasteiger partial charge on any atom is -0.495 e. The lowest BCUT2D eigenvalue weighted by atomic mass is 10.1. The number of halogens is 2. The number of amides is 1. The fourth-order valence-corrected chi connectivity index (χ4v) is 4.10. The van der Waals surface area contributed by atoms with Crippen LogP contribution in [0.25, 0.3) is 22.2 Å². The highest BCUT2D eigenvalue weighted by molar-refractivity contribution is 5.86. The predicted molar refractivity (Wildman–Crippen MR) is 126 cm³/mol. The zero-order valence-electron chi connectivity index (χ0n) is 18.7. The van der Waals surface area contributed by atoms with Crippen molar-refractivity contribution in [2.75, 3.05) is 19.0 Å². The lowest BCUT2D eigenvalue weighted by Crippen LogP contribution is -2.22. The van der Waals surface area contributed by atoms with Crippen LogP contribution in [-0.4, -0.2) is 40.6 Å². The lowest BCUT2D eigenvalue weighted by molar-refractivity contribution is -0.119. The Bertz CT molecular complexity index is 1470. The van der Waals surface area contributed by atoms with Gasteiger partial charge in [0.2, 0.25) is 5.91 Å². The van der Waals surface area contributed by atoms with Gasteiger partial charge in [-0.2, -0.15) is 0 Å². The number of rotatable bonds is 6. The number of H-pyrrole nitrogens is 1. The van der Waals surface area contributed by atoms with Crippen molar-refractivity contribution in [3.8, 4) is 17.0 Å². The third kappa shape index (κ3) is 4.81. The van der Waals surface area contributed by atoms with E-state index in [2.05, 4.69) is 25.6 Å². The number of aromatic amines is 1. The number of methoxy groups -OCH3 is 1. The van der Waals surface area contributed by atoms with Gasteiger partial charge in [0.1, 0.15) is 23.2 Å². The fourth-order valence-electron chi connectivity index (χ4n) is 4.10. The van der Waals surface area contributed by atoms with E-state index in [0.717, 1.165) is 11.6 Å². The highest BCUT2D eigenvalue weighted by atomic mass is 19.1. The second-order valence-corrected chi connectivity index (χ2v) is 8.32. The maximum absolute atomic E-state index is 13.5. The number of carbonyl (C=O) groups is 1. The number of pyridine rings is 1. The maximum atomic E-state index is 13.5. The summed E-state index contributed by atoms with van der Waals surface area (Å²) in [7, 11) is 1.51. The summed E-state index contributed by atoms with van der Waals surface area (Å²) in [6.45, 7) is 0.499. The molecule has 8 nitrogen and oxygen atoms in total. The molecule has 178 valence electrons. The van der Waals surface area contributed by atoms with Crippen LogP contribution in [0.3, 0.4) is 0 Å². The quantitative estimate of drug-likeness (QED) is 0.394. The molecular weight excluding hydrogens is 456 g/mol. The molecule has 1 aliphatic heterocycles. The summed E-state index contributed by atoms with van der Waals surface area (Å²) < 4.78 is 32.5. The van der Waals surface area contributed by atoms with Crippen molar-refractivity contribution in [3.05, 3.63) is 82.0 Å². The van der Waals surface area contributed by atoms with Crippen molar-refractivity contribution >= 4 is 22.5 Å². The number of hydrogen-bond acceptors (Lipinski definition) is 6. The average molecular weight is 477 g/mol. The number of fused-ring (bicyclic) bond motifs is 1. The second-order valence-electron chi connectivity index (χ2n) is 8.32. The highest BCUT2D eigenvalue weighted by Gasteiger charge is 2.22. The van der Waals surface area contributed by atoms with Crippen LogP contribution in [0.1, 0.15) is 17.8 Å². The minimum absolute atomic E-state index is 0.0266. The smallest absolute Gasteiger partial charge is 0.258 e. The standard InChI is InChI=1S/C25H21F2N5O3/c1-35-22-9-18-20(10-21(22)30-17-8-24(33)29-12-17)31-23(32-25(18)34)4-13-2-3-19(28-11-13)14-5-15(26)7-16(27)6-14/h2-3,5-7,9-11,17,30H,4,8,12H2,1H3,(H,29,33)(H,31,32,34)/t17-/m1/s1. The molecule has 0 unspecified atom stereocenters. The van der Waals surface area contributed by atoms with Crippen LogP contribution < -0.4 is 20.9 Å². The van der Waals surface area contributed by atoms with Crippen molar-refractivity contribution in [2.24, 2.45) is 0 Å². The first kappa shape index (κ1) is 22.5. The van der Waals surface area contributed by atoms with Crippen LogP contribution in [-0.2, 0) is 11.2 Å². The van der Waals surface area contributed by atoms with E-state index < -0.39 is 11.6 Å². The van der Waals surface area contributed by atoms with E-state index in [1.54, 1.807) is 30.5 Å². The van der Waals surface area contributed by atoms with Gasteiger partial charge in [0.15, 0.2) is 0 Å². The third-order valence-corrected chi connectivity index (χ3v) is 5.77. The Morgan fingerprint density at radius 2 is 1.91 bits per heavy atom. The lowest BCUT2D eigenvalue weighted by Gasteiger charge is -2.16. The van der Waals surface area contributed by atoms with Crippen LogP contribution in [0.15, 0.2) is 53.5 Å². The van der Waals surface area contributed by atoms with Crippen molar-refractivity contribution < 1.29 is 18.3 Å². The van der Waals surface area contributed by atoms with E-state index in [0.29, 0.717) is 58.8 Å². The van der Waals surface area contributed by atoms with Gasteiger partial charge < -0.3 is 20.4 Å². The molecule has 4 aromatic rings. The first-order chi connectivity index (χ1) is 16.9. The Kier molecular flexibility index (Phi) is 5.86. The number of hydrogen-bond donors (Lipinski definition) is 3. The molecular formula is C25H21F2N5O3. The predicted octanol–water partition coefficient (Wildman–Crippen LogP) is 3.16. The molecule has 2 aromatic carbocycles. The summed E-state index contributed by atoms with van der Waals surface area (Å²) in [4.78, 5) is 36.0. The van der Waals surface area contributed by atoms with Crippen molar-refractivity contribution in [1.82, 2.24) is 20.3 Å². The molecule has 1 amide bonds. The van der Waals surface area contributed by atoms with Gasteiger partial charge in [0.25, 0.3) is 5.56 Å². The monoisotopic (exact) mass is 477 g/mol. The van der Waals surface area contributed by atoms with Crippen LogP contribution in [0.5, 0.6) is 5.75 Å². The molecule has 3 heterocycles. The number of nitrogens with one attached hydrogen (secondary N) is 3. The molecule has 1 fully saturated rings. The van der Waals surface area contributed by atoms with Gasteiger partial charge in [-0.05, 0) is 35.9 Å². The van der Waals surface area contributed by atoms with Gasteiger partial charge in [0, 0.05) is 37.2 Å². The van der Waals surface area contributed by atoms with Crippen LogP contribution in [0.4, 0.5) is 14.5 Å². The van der Waals surface area contributed by atoms with Gasteiger partial charge in [-0.1, -0.05) is 6.07 Å². The summed E-state index contributed by atoms with van der Waals surface area (Å²) in [6.07, 6.45) is 2.22. The number of anilines is 1. The van der Waals surface area contributed by atoms with E-state index in [1.165, 1.54) is 19.2 Å². The SMILES string of the molecule is COc1cc2c(=O)[nH]c(Cc3ccc(-c4cc(F)cc(F)c4)nc3)nc2cc1N[C@H]1CNC(=O)C1. The van der Waals surface area contributed by atoms with Crippen LogP contribution >= 0.6 is 0 Å². The number of aromatic nitrogens is 3. The Morgan fingerprint density at radius 1 is 1.11 bits per heavy atom. The molecule has 1 saturated heterocycles. The highest BCUT2D eigenvalue weighted by Crippen LogP contribution is 2.29. The molecule has 1 aliphatic rings. The van der Waals surface area contributed by atoms with Crippen LogP contribution in [0.2, 0.25) is 0 Å². The summed E-state index contributed by atoms with van der Waals surface area (Å²) in [5.74, 6) is -0.468. The van der Waals surface area contributed by atoms with Crippen molar-refractivity contribution in [3.63, 3.8) is 0 Å². The Hall–Kier alpha value is -4.34. The largest absolute Gasteiger partial charge is 0.495 e. The van der Waals surface area contributed by atoms with E-state index >= 15 is 0 Å². The minimum atomic E-state index is -0.676. The van der Waals surface area contributed by atoms with E-state index in [1.807, 2.05) is 0 Å². The molecule has 5 rings (SSSR count). The normalized spacial score (nSPS) is 15.3. The molecule has 0 aliphatic carbocycles. The van der Waals surface area contributed by atoms with Crippen molar-refractivity contribution in [1.29, 1.82) is 0 Å². The molecule has 1 atom stereocenters. The Labute approximate surface area is 198 Å². The summed E-state index contributed by atoms with van der Waals surface area (Å²) in [5, 5.41) is 6.42. The number of carbonyl (C=O) groups excluding carboxylic acids is 1. The van der Waals surface area contributed by atoms with E-state index in [9.17, 15) is 18.4 Å². The van der Waals surface area contributed by atoms with Crippen molar-refractivity contribution in [2.45, 2.75) is 18.9 Å². The van der Waals surface area contributed by atoms with Gasteiger partial charge >= 0.3 is 0 Å². The first-order valence-electron chi connectivity index (χ1n) is 10.9. The molecule has 0 radical (unpaired) electrons. The zero-order chi connectivity index (χ0) is 24.5. The van der Waals surface area contributed by atoms with Gasteiger partial charge in [-0.25, -0.2) is 13.8 Å². The number of ether oxygens (including phenoxy) is 1. The molecule has 0 bridgehead atoms. The molecule has 35 heavy (non-hydrogen) atoms. The average Bonchev–Trinajstić information content (AvgIpc) is 3.23. The number of nitrogens with zero attached hydrogens (tertiary/aromatic N) is 2. The second kappa shape index (κ2) is 9.13. The Morgan fingerprint density at radius 3 is 2.57 bits per heavy atom. The molecule has 0 saturated carbocycles. The summed E-state index contributed by atoms with van der Waals surface area (Å²) >= 11 is 0. The topological polar surface area (TPSA) is 109 Å². The van der Waals surface area contributed by atoms with Gasteiger partial charge in [-0.3, -0.25) is 14.6 Å². The zero-order valence-corrected chi connectivity index (χ0v) is 18.7. The van der Waals surface area contributed by atoms with E-state index in [4.69, 9.17) is 4.74 Å². The molecule has 2 aromatic heterocycles. The first-order valence-corrected chi connectivity index (χ1v) is 10.9. The van der Waals surface area contributed by atoms with Gasteiger partial charge in [0.05, 0.1) is 35.4 Å². The van der Waals surface area contributed by atoms with Gasteiger partial charge in [-0.15, -0.1) is 0 Å². The van der Waals surface area contributed by atoms with E-state index in [-0.39, 0.29) is 17.5 Å². The fraction of sp³-hybridized carbons (Fsp3) is 0.200. The van der Waals surface area contributed by atoms with Crippen LogP contribution in [0, 0.1) is 11.6 Å². The third-order valence-electron chi connectivity index (χ3n) is 5.77. The summed E-state index contributed by atoms with van der Waals surface area (Å²) in [6, 6.07) is 9.91. The molecule has 3 N–H and O–H groups in total.